The molecule has 13 heavy (non-hydrogen) atoms. The van der Waals surface area contributed by atoms with E-state index < -0.39 is 18.2 Å². The Bertz CT molecular complexity index is 252. The fourth-order valence-electron chi connectivity index (χ4n) is 0.942. The summed E-state index contributed by atoms with van der Waals surface area (Å²) in [5.41, 5.74) is 0. The van der Waals surface area contributed by atoms with Crippen LogP contribution in [0.15, 0.2) is 5.16 Å². The smallest absolute Gasteiger partial charge is 0.405 e. The third-order valence-electron chi connectivity index (χ3n) is 1.56. The first-order chi connectivity index (χ1) is 6.15. The lowest BCUT2D eigenvalue weighted by molar-refractivity contribution is -0.129. The van der Waals surface area contributed by atoms with Gasteiger partial charge < -0.3 is 20.6 Å². The normalized spacial score (nSPS) is 26.4. The second-order valence-electron chi connectivity index (χ2n) is 2.40. The molecule has 1 saturated heterocycles. The first-order valence-electron chi connectivity index (χ1n) is 3.51. The number of carboxylic acid groups (broad SMARTS) is 1. The van der Waals surface area contributed by atoms with Gasteiger partial charge in [0, 0.05) is 0 Å². The van der Waals surface area contributed by atoms with Crippen molar-refractivity contribution in [3.05, 3.63) is 0 Å². The molecule has 7 heteroatoms. The molecular formula is C6H9N3O4. The molecule has 1 heterocycles. The van der Waals surface area contributed by atoms with E-state index in [1.165, 1.54) is 13.3 Å². The first kappa shape index (κ1) is 9.30. The predicted octanol–water partition coefficient (Wildman–Crippen LogP) is -1.25. The SMILES string of the molecule is CON=C[C@H]1NC(=O)[C@H]1NC(=O)O. The van der Waals surface area contributed by atoms with Crippen LogP contribution < -0.4 is 10.6 Å². The summed E-state index contributed by atoms with van der Waals surface area (Å²) in [6.45, 7) is 0. The van der Waals surface area contributed by atoms with Gasteiger partial charge in [0.2, 0.25) is 5.91 Å². The van der Waals surface area contributed by atoms with Crippen LogP contribution in [-0.2, 0) is 9.63 Å². The van der Waals surface area contributed by atoms with Gasteiger partial charge in [-0.3, -0.25) is 4.79 Å². The van der Waals surface area contributed by atoms with Crippen molar-refractivity contribution in [1.82, 2.24) is 10.6 Å². The van der Waals surface area contributed by atoms with Crippen LogP contribution in [0.5, 0.6) is 0 Å². The minimum absolute atomic E-state index is 0.366. The van der Waals surface area contributed by atoms with Gasteiger partial charge in [-0.05, 0) is 0 Å². The highest BCUT2D eigenvalue weighted by Crippen LogP contribution is 2.03. The van der Waals surface area contributed by atoms with Crippen molar-refractivity contribution >= 4 is 18.2 Å². The van der Waals surface area contributed by atoms with E-state index in [-0.39, 0.29) is 5.91 Å². The lowest BCUT2D eigenvalue weighted by Gasteiger charge is -2.33. The van der Waals surface area contributed by atoms with Crippen LogP contribution in [-0.4, -0.2) is 42.5 Å². The lowest BCUT2D eigenvalue weighted by Crippen LogP contribution is -2.69. The molecule has 0 unspecified atom stereocenters. The van der Waals surface area contributed by atoms with Gasteiger partial charge in [0.1, 0.15) is 13.2 Å². The molecule has 1 fully saturated rings. The van der Waals surface area contributed by atoms with Crippen molar-refractivity contribution in [2.75, 3.05) is 7.11 Å². The molecule has 1 aliphatic rings. The molecule has 1 rings (SSSR count). The summed E-state index contributed by atoms with van der Waals surface area (Å²) >= 11 is 0. The second-order valence-corrected chi connectivity index (χ2v) is 2.40. The summed E-state index contributed by atoms with van der Waals surface area (Å²) in [5, 5.41) is 16.2. The number of carbonyl (C=O) groups excluding carboxylic acids is 1. The third kappa shape index (κ3) is 2.08. The Hall–Kier alpha value is -1.79. The first-order valence-corrected chi connectivity index (χ1v) is 3.51. The van der Waals surface area contributed by atoms with Gasteiger partial charge in [0.15, 0.2) is 0 Å². The monoisotopic (exact) mass is 187 g/mol. The molecule has 1 aliphatic heterocycles. The Balaban J connectivity index is 2.46. The van der Waals surface area contributed by atoms with Crippen LogP contribution >= 0.6 is 0 Å². The van der Waals surface area contributed by atoms with Crippen LogP contribution in [0.25, 0.3) is 0 Å². The fourth-order valence-corrected chi connectivity index (χ4v) is 0.942. The quantitative estimate of drug-likeness (QED) is 0.292. The summed E-state index contributed by atoms with van der Waals surface area (Å²) in [4.78, 5) is 25.4. The minimum atomic E-state index is -1.24. The maximum atomic E-state index is 10.8. The fraction of sp³-hybridized carbons (Fsp3) is 0.500. The van der Waals surface area contributed by atoms with E-state index in [0.717, 1.165) is 0 Å². The molecular weight excluding hydrogens is 178 g/mol. The topological polar surface area (TPSA) is 100 Å². The molecule has 2 amide bonds. The van der Waals surface area contributed by atoms with E-state index in [0.29, 0.717) is 0 Å². The molecule has 0 aromatic rings. The molecule has 2 atom stereocenters. The van der Waals surface area contributed by atoms with Crippen molar-refractivity contribution in [2.24, 2.45) is 5.16 Å². The molecule has 0 radical (unpaired) electrons. The summed E-state index contributed by atoms with van der Waals surface area (Å²) in [5.74, 6) is -0.366. The van der Waals surface area contributed by atoms with Crippen LogP contribution in [0.2, 0.25) is 0 Å². The van der Waals surface area contributed by atoms with Crippen molar-refractivity contribution in [1.29, 1.82) is 0 Å². The van der Waals surface area contributed by atoms with Crippen molar-refractivity contribution < 1.29 is 19.5 Å². The van der Waals surface area contributed by atoms with Crippen molar-refractivity contribution in [3.63, 3.8) is 0 Å². The van der Waals surface area contributed by atoms with Crippen LogP contribution in [0, 0.1) is 0 Å². The molecule has 0 aromatic heterocycles. The van der Waals surface area contributed by atoms with Gasteiger partial charge in [-0.2, -0.15) is 0 Å². The van der Waals surface area contributed by atoms with Crippen LogP contribution in [0.1, 0.15) is 0 Å². The summed E-state index contributed by atoms with van der Waals surface area (Å²) in [6.07, 6.45) is 0.0813. The van der Waals surface area contributed by atoms with Crippen LogP contribution in [0.4, 0.5) is 4.79 Å². The largest absolute Gasteiger partial charge is 0.465 e. The number of amides is 2. The molecule has 0 aliphatic carbocycles. The van der Waals surface area contributed by atoms with E-state index in [1.807, 2.05) is 5.32 Å². The summed E-state index contributed by atoms with van der Waals surface area (Å²) < 4.78 is 0. The number of β-lactam (4-membered cyclic amide) rings is 1. The predicted molar refractivity (Wildman–Crippen MR) is 42.4 cm³/mol. The number of nitrogens with one attached hydrogen (secondary N) is 2. The maximum Gasteiger partial charge on any atom is 0.405 e. The summed E-state index contributed by atoms with van der Waals surface area (Å²) in [6, 6.07) is -1.19. The van der Waals surface area contributed by atoms with Crippen molar-refractivity contribution in [2.45, 2.75) is 12.1 Å². The van der Waals surface area contributed by atoms with Crippen LogP contribution in [0.3, 0.4) is 0 Å². The zero-order chi connectivity index (χ0) is 9.84. The molecule has 7 nitrogen and oxygen atoms in total. The molecule has 72 valence electrons. The third-order valence-corrected chi connectivity index (χ3v) is 1.56. The number of hydrogen-bond donors (Lipinski definition) is 3. The Morgan fingerprint density at radius 1 is 1.85 bits per heavy atom. The molecule has 0 aromatic carbocycles. The summed E-state index contributed by atoms with van der Waals surface area (Å²) in [7, 11) is 1.36. The Morgan fingerprint density at radius 3 is 3.00 bits per heavy atom. The number of rotatable bonds is 3. The van der Waals surface area contributed by atoms with Gasteiger partial charge in [-0.25, -0.2) is 4.79 Å². The lowest BCUT2D eigenvalue weighted by atomic mass is 10.0. The van der Waals surface area contributed by atoms with E-state index in [2.05, 4.69) is 15.3 Å². The van der Waals surface area contributed by atoms with Gasteiger partial charge in [-0.15, -0.1) is 0 Å². The Labute approximate surface area is 73.7 Å². The van der Waals surface area contributed by atoms with Gasteiger partial charge in [-0.1, -0.05) is 5.16 Å². The van der Waals surface area contributed by atoms with Crippen molar-refractivity contribution in [3.8, 4) is 0 Å². The van der Waals surface area contributed by atoms with Gasteiger partial charge in [0.05, 0.1) is 12.3 Å². The Morgan fingerprint density at radius 2 is 2.54 bits per heavy atom. The number of hydrogen-bond acceptors (Lipinski definition) is 4. The van der Waals surface area contributed by atoms with Gasteiger partial charge in [0.25, 0.3) is 0 Å². The zero-order valence-corrected chi connectivity index (χ0v) is 6.85. The van der Waals surface area contributed by atoms with E-state index in [9.17, 15) is 9.59 Å². The molecule has 0 bridgehead atoms. The highest BCUT2D eigenvalue weighted by molar-refractivity contribution is 5.98. The van der Waals surface area contributed by atoms with E-state index in [1.54, 1.807) is 0 Å². The number of nitrogens with zero attached hydrogens (tertiary/aromatic N) is 1. The molecule has 3 N–H and O–H groups in total. The second kappa shape index (κ2) is 3.74. The average Bonchev–Trinajstić information content (AvgIpc) is 2.08. The number of oxime groups is 1. The van der Waals surface area contributed by atoms with E-state index in [4.69, 9.17) is 5.11 Å². The number of carbonyl (C=O) groups is 2. The molecule has 0 spiro atoms. The highest BCUT2D eigenvalue weighted by atomic mass is 16.6. The maximum absolute atomic E-state index is 10.8. The van der Waals surface area contributed by atoms with Gasteiger partial charge >= 0.3 is 6.09 Å². The average molecular weight is 187 g/mol. The minimum Gasteiger partial charge on any atom is -0.465 e. The Kier molecular flexibility index (Phi) is 2.68. The zero-order valence-electron chi connectivity index (χ0n) is 6.85. The van der Waals surface area contributed by atoms with E-state index >= 15 is 0 Å². The molecule has 0 saturated carbocycles. The standard InChI is InChI=1S/C6H9N3O4/c1-13-7-2-3-4(5(10)8-3)9-6(11)12/h2-4,9H,1H3,(H,8,10)(H,11,12)/t3-,4+/m1/s1. The highest BCUT2D eigenvalue weighted by Gasteiger charge is 2.39.